The second kappa shape index (κ2) is 9.62. The molecule has 1 aromatic heterocycles. The van der Waals surface area contributed by atoms with E-state index in [0.29, 0.717) is 19.3 Å². The van der Waals surface area contributed by atoms with Crippen molar-refractivity contribution in [2.45, 2.75) is 75.7 Å². The van der Waals surface area contributed by atoms with Crippen LogP contribution in [0.15, 0.2) is 46.6 Å². The Morgan fingerprint density at radius 1 is 1.21 bits per heavy atom. The number of carbonyl (C=O) groups is 4. The Kier molecular flexibility index (Phi) is 6.95. The van der Waals surface area contributed by atoms with Crippen molar-refractivity contribution < 1.29 is 33.1 Å². The molecule has 0 aromatic carbocycles. The van der Waals surface area contributed by atoms with Crippen LogP contribution in [0.1, 0.15) is 70.4 Å². The molecule has 0 N–H and O–H groups in total. The van der Waals surface area contributed by atoms with Gasteiger partial charge in [-0.05, 0) is 61.8 Å². The highest BCUT2D eigenvalue weighted by atomic mass is 35.5. The van der Waals surface area contributed by atoms with Crippen LogP contribution in [0, 0.1) is 28.6 Å². The lowest BCUT2D eigenvalue weighted by Gasteiger charge is -2.64. The van der Waals surface area contributed by atoms with Gasteiger partial charge >= 0.3 is 11.9 Å². The molecular weight excluding hydrogens is 543 g/mol. The van der Waals surface area contributed by atoms with Crippen molar-refractivity contribution in [1.29, 1.82) is 0 Å². The summed E-state index contributed by atoms with van der Waals surface area (Å²) in [6.07, 6.45) is 8.82. The number of hydrogen-bond donors (Lipinski definition) is 0. The van der Waals surface area contributed by atoms with Gasteiger partial charge in [0.05, 0.1) is 16.5 Å². The quantitative estimate of drug-likeness (QED) is 0.310. The van der Waals surface area contributed by atoms with Gasteiger partial charge in [-0.25, -0.2) is 4.79 Å². The number of rotatable bonds is 6. The average Bonchev–Trinajstić information content (AvgIpc) is 3.51. The number of ketones is 2. The largest absolute Gasteiger partial charge is 0.457 e. The van der Waals surface area contributed by atoms with Gasteiger partial charge in [-0.3, -0.25) is 14.4 Å². The molecular formula is C30H34Cl2O7. The molecule has 0 saturated heterocycles. The van der Waals surface area contributed by atoms with E-state index >= 15 is 0 Å². The van der Waals surface area contributed by atoms with Crippen LogP contribution in [0.4, 0.5) is 0 Å². The molecule has 3 saturated carbocycles. The van der Waals surface area contributed by atoms with Crippen LogP contribution < -0.4 is 0 Å². The number of Topliss-reactive ketones (excluding diaryl/α,β-unsaturated/α-hetero) is 1. The molecule has 1 aromatic rings. The number of halogens is 2. The summed E-state index contributed by atoms with van der Waals surface area (Å²) in [5, 5.41) is -0.616. The molecule has 0 radical (unpaired) electrons. The van der Waals surface area contributed by atoms with Gasteiger partial charge in [0.15, 0.2) is 18.0 Å². The molecule has 4 aliphatic rings. The lowest BCUT2D eigenvalue weighted by atomic mass is 9.46. The zero-order valence-electron chi connectivity index (χ0n) is 22.6. The highest BCUT2D eigenvalue weighted by Crippen LogP contribution is 2.73. The van der Waals surface area contributed by atoms with Gasteiger partial charge in [0.2, 0.25) is 11.5 Å². The van der Waals surface area contributed by atoms with E-state index < -0.39 is 56.9 Å². The first-order valence-electron chi connectivity index (χ1n) is 13.6. The molecule has 39 heavy (non-hydrogen) atoms. The number of alkyl halides is 2. The summed E-state index contributed by atoms with van der Waals surface area (Å²) in [6.45, 7) is 7.03. The van der Waals surface area contributed by atoms with E-state index in [9.17, 15) is 19.2 Å². The van der Waals surface area contributed by atoms with Crippen LogP contribution >= 0.6 is 23.2 Å². The van der Waals surface area contributed by atoms with Crippen molar-refractivity contribution in [3.8, 4) is 0 Å². The highest BCUT2D eigenvalue weighted by Gasteiger charge is 2.76. The van der Waals surface area contributed by atoms with E-state index in [1.54, 1.807) is 25.1 Å². The average molecular weight is 578 g/mol. The molecule has 9 heteroatoms. The Morgan fingerprint density at radius 3 is 2.62 bits per heavy atom. The fourth-order valence-corrected chi connectivity index (χ4v) is 9.51. The molecule has 0 spiro atoms. The zero-order valence-corrected chi connectivity index (χ0v) is 24.1. The smallest absolute Gasteiger partial charge is 0.375 e. The van der Waals surface area contributed by atoms with Gasteiger partial charge in [0, 0.05) is 23.2 Å². The van der Waals surface area contributed by atoms with Crippen LogP contribution in [0.25, 0.3) is 0 Å². The Hall–Kier alpha value is -2.38. The Morgan fingerprint density at radius 2 is 1.95 bits per heavy atom. The van der Waals surface area contributed by atoms with Crippen LogP contribution in [-0.4, -0.2) is 46.0 Å². The van der Waals surface area contributed by atoms with Gasteiger partial charge in [-0.1, -0.05) is 39.3 Å². The number of hydrogen-bond acceptors (Lipinski definition) is 7. The summed E-state index contributed by atoms with van der Waals surface area (Å²) in [6, 6.07) is 3.06. The Bertz CT molecular complexity index is 1270. The number of ether oxygens (including phenoxy) is 2. The number of allylic oxidation sites excluding steroid dienone is 4. The van der Waals surface area contributed by atoms with Crippen molar-refractivity contribution in [3.05, 3.63) is 48.0 Å². The second-order valence-corrected chi connectivity index (χ2v) is 13.0. The highest BCUT2D eigenvalue weighted by molar-refractivity contribution is 6.34. The number of furan rings is 1. The van der Waals surface area contributed by atoms with E-state index in [0.717, 1.165) is 5.57 Å². The second-order valence-electron chi connectivity index (χ2n) is 11.9. The molecule has 8 atom stereocenters. The fourth-order valence-electron chi connectivity index (χ4n) is 8.28. The molecule has 0 amide bonds. The third-order valence-electron chi connectivity index (χ3n) is 10.2. The molecule has 6 unspecified atom stereocenters. The molecule has 0 aliphatic heterocycles. The summed E-state index contributed by atoms with van der Waals surface area (Å²) in [4.78, 5) is 50.7. The first-order valence-corrected chi connectivity index (χ1v) is 14.4. The minimum absolute atomic E-state index is 0.0196. The maximum atomic E-state index is 14.1. The maximum Gasteiger partial charge on any atom is 0.375 e. The molecule has 0 bridgehead atoms. The number of esters is 2. The summed E-state index contributed by atoms with van der Waals surface area (Å²) < 4.78 is 16.8. The normalized spacial score (nSPS) is 40.7. The van der Waals surface area contributed by atoms with E-state index in [1.807, 2.05) is 26.8 Å². The fraction of sp³-hybridized carbons (Fsp3) is 0.600. The lowest BCUT2D eigenvalue weighted by Crippen LogP contribution is -2.68. The van der Waals surface area contributed by atoms with Gasteiger partial charge in [0.25, 0.3) is 0 Å². The molecule has 7 nitrogen and oxygen atoms in total. The van der Waals surface area contributed by atoms with E-state index in [4.69, 9.17) is 37.1 Å². The summed E-state index contributed by atoms with van der Waals surface area (Å²) in [7, 11) is 0. The molecule has 4 aliphatic carbocycles. The summed E-state index contributed by atoms with van der Waals surface area (Å²) >= 11 is 14.9. The topological polar surface area (TPSA) is 99.9 Å². The monoisotopic (exact) mass is 576 g/mol. The molecule has 210 valence electrons. The number of carbonyl (C=O) groups excluding carboxylic acids is 4. The van der Waals surface area contributed by atoms with Crippen LogP contribution in [-0.2, 0) is 23.9 Å². The third kappa shape index (κ3) is 3.82. The standard InChI is InChI=1S/C30H34Cl2O7/c1-5-25(35)38-16-24(34)30(39-26(36)22-7-6-12-37-22)17(2)13-21-20-9-8-18-14-19(33)10-11-27(18,3)29(20,32)23(31)15-28(21,30)4/h6-7,10-12,14,17,20-21,23H,5,8-9,13,15-16H2,1-4H3/t17?,20?,21?,23?,27?,28?,29-,30-/m0/s1. The first kappa shape index (κ1) is 28.2. The molecule has 1 heterocycles. The van der Waals surface area contributed by atoms with Crippen molar-refractivity contribution in [2.75, 3.05) is 6.61 Å². The molecule has 3 fully saturated rings. The third-order valence-corrected chi connectivity index (χ3v) is 11.7. The van der Waals surface area contributed by atoms with Crippen LogP contribution in [0.5, 0.6) is 0 Å². The Balaban J connectivity index is 1.59. The SMILES string of the molecule is CCC(=O)OCC(=O)[C@@]1(OC(=O)c2ccco2)C(C)CC2C3CCC4=CC(=O)C=CC4(C)[C@@]3(Cl)C(Cl)CC21C. The van der Waals surface area contributed by atoms with Crippen molar-refractivity contribution in [3.63, 3.8) is 0 Å². The predicted molar refractivity (Wildman–Crippen MR) is 144 cm³/mol. The van der Waals surface area contributed by atoms with Crippen LogP contribution in [0.2, 0.25) is 0 Å². The minimum Gasteiger partial charge on any atom is -0.457 e. The zero-order chi connectivity index (χ0) is 28.4. The maximum absolute atomic E-state index is 14.1. The van der Waals surface area contributed by atoms with E-state index in [1.165, 1.54) is 12.3 Å². The molecule has 5 rings (SSSR count). The Labute approximate surface area is 238 Å². The van der Waals surface area contributed by atoms with Crippen molar-refractivity contribution in [1.82, 2.24) is 0 Å². The van der Waals surface area contributed by atoms with Gasteiger partial charge in [-0.2, -0.15) is 0 Å². The summed E-state index contributed by atoms with van der Waals surface area (Å²) in [5.74, 6) is -2.48. The first-order chi connectivity index (χ1) is 18.3. The van der Waals surface area contributed by atoms with Gasteiger partial charge in [0.1, 0.15) is 0 Å². The van der Waals surface area contributed by atoms with Crippen molar-refractivity contribution >= 4 is 46.7 Å². The number of fused-ring (bicyclic) bond motifs is 5. The van der Waals surface area contributed by atoms with Gasteiger partial charge < -0.3 is 13.9 Å². The van der Waals surface area contributed by atoms with E-state index in [-0.39, 0.29) is 36.2 Å². The predicted octanol–water partition coefficient (Wildman–Crippen LogP) is 5.83. The minimum atomic E-state index is -1.61. The summed E-state index contributed by atoms with van der Waals surface area (Å²) in [5.41, 5.74) is -2.18. The van der Waals surface area contributed by atoms with Crippen molar-refractivity contribution in [2.24, 2.45) is 28.6 Å². The van der Waals surface area contributed by atoms with E-state index in [2.05, 4.69) is 0 Å². The lowest BCUT2D eigenvalue weighted by molar-refractivity contribution is -0.174. The van der Waals surface area contributed by atoms with Gasteiger partial charge in [-0.15, -0.1) is 23.2 Å². The van der Waals surface area contributed by atoms with Crippen LogP contribution in [0.3, 0.4) is 0 Å².